The van der Waals surface area contributed by atoms with Gasteiger partial charge in [-0.25, -0.2) is 0 Å². The summed E-state index contributed by atoms with van der Waals surface area (Å²) < 4.78 is 46.3. The monoisotopic (exact) mass is 416 g/mol. The van der Waals surface area contributed by atoms with Crippen molar-refractivity contribution in [1.82, 2.24) is 9.88 Å². The summed E-state index contributed by atoms with van der Waals surface area (Å²) in [6.45, 7) is 0.555. The Morgan fingerprint density at radius 3 is 2.43 bits per heavy atom. The number of hydrogen-bond donors (Lipinski definition) is 0. The number of rotatable bonds is 7. The van der Waals surface area contributed by atoms with E-state index in [0.29, 0.717) is 23.5 Å². The SMILES string of the molecule is CN(Cc1ccc(OC(F)(F)F)cc1)C(=O)c1cccc(OCc2cccnc2)c1. The van der Waals surface area contributed by atoms with Crippen molar-refractivity contribution < 1.29 is 27.4 Å². The van der Waals surface area contributed by atoms with Crippen LogP contribution in [-0.4, -0.2) is 29.2 Å². The highest BCUT2D eigenvalue weighted by Gasteiger charge is 2.31. The van der Waals surface area contributed by atoms with Crippen molar-refractivity contribution in [2.75, 3.05) is 7.05 Å². The summed E-state index contributed by atoms with van der Waals surface area (Å²) in [6.07, 6.45) is -1.36. The first kappa shape index (κ1) is 21.2. The molecule has 1 heterocycles. The number of carbonyl (C=O) groups is 1. The predicted octanol–water partition coefficient (Wildman–Crippen LogP) is 4.83. The quantitative estimate of drug-likeness (QED) is 0.554. The molecule has 0 spiro atoms. The lowest BCUT2D eigenvalue weighted by molar-refractivity contribution is -0.274. The van der Waals surface area contributed by atoms with Gasteiger partial charge >= 0.3 is 6.36 Å². The molecular formula is C22H19F3N2O3. The van der Waals surface area contributed by atoms with E-state index in [0.717, 1.165) is 5.56 Å². The summed E-state index contributed by atoms with van der Waals surface area (Å²) in [7, 11) is 1.62. The van der Waals surface area contributed by atoms with Crippen LogP contribution in [0.1, 0.15) is 21.5 Å². The number of ether oxygens (including phenoxy) is 2. The fourth-order valence-electron chi connectivity index (χ4n) is 2.73. The molecule has 5 nitrogen and oxygen atoms in total. The third kappa shape index (κ3) is 6.23. The molecule has 8 heteroatoms. The number of alkyl halides is 3. The van der Waals surface area contributed by atoms with Gasteiger partial charge in [-0.1, -0.05) is 24.3 Å². The number of carbonyl (C=O) groups excluding carboxylic acids is 1. The molecule has 1 amide bonds. The first-order valence-electron chi connectivity index (χ1n) is 9.02. The smallest absolute Gasteiger partial charge is 0.489 e. The molecule has 0 saturated heterocycles. The Bertz CT molecular complexity index is 977. The maximum absolute atomic E-state index is 12.7. The van der Waals surface area contributed by atoms with Gasteiger partial charge in [0, 0.05) is 37.1 Å². The van der Waals surface area contributed by atoms with Gasteiger partial charge in [-0.2, -0.15) is 0 Å². The Morgan fingerprint density at radius 2 is 1.77 bits per heavy atom. The van der Waals surface area contributed by atoms with E-state index in [9.17, 15) is 18.0 Å². The van der Waals surface area contributed by atoms with Crippen LogP contribution in [0.5, 0.6) is 11.5 Å². The number of hydrogen-bond acceptors (Lipinski definition) is 4. The topological polar surface area (TPSA) is 51.7 Å². The van der Waals surface area contributed by atoms with Crippen LogP contribution in [0.25, 0.3) is 0 Å². The molecule has 0 N–H and O–H groups in total. The van der Waals surface area contributed by atoms with Crippen molar-refractivity contribution >= 4 is 5.91 Å². The van der Waals surface area contributed by atoms with Crippen molar-refractivity contribution in [2.24, 2.45) is 0 Å². The van der Waals surface area contributed by atoms with Gasteiger partial charge in [-0.05, 0) is 42.0 Å². The molecule has 0 aliphatic carbocycles. The first-order chi connectivity index (χ1) is 14.3. The lowest BCUT2D eigenvalue weighted by Gasteiger charge is -2.18. The van der Waals surface area contributed by atoms with Crippen molar-refractivity contribution in [3.05, 3.63) is 89.7 Å². The average Bonchev–Trinajstić information content (AvgIpc) is 2.73. The number of benzene rings is 2. The molecule has 0 saturated carbocycles. The number of pyridine rings is 1. The van der Waals surface area contributed by atoms with Gasteiger partial charge in [0.15, 0.2) is 0 Å². The van der Waals surface area contributed by atoms with Crippen molar-refractivity contribution in [3.63, 3.8) is 0 Å². The summed E-state index contributed by atoms with van der Waals surface area (Å²) in [5, 5.41) is 0. The second-order valence-corrected chi connectivity index (χ2v) is 6.53. The lowest BCUT2D eigenvalue weighted by Crippen LogP contribution is -2.26. The Labute approximate surface area is 171 Å². The van der Waals surface area contributed by atoms with Gasteiger partial charge < -0.3 is 14.4 Å². The highest BCUT2D eigenvalue weighted by atomic mass is 19.4. The zero-order valence-corrected chi connectivity index (χ0v) is 16.1. The van der Waals surface area contributed by atoms with Gasteiger partial charge in [-0.15, -0.1) is 13.2 Å². The standard InChI is InChI=1S/C22H19F3N2O3/c1-27(14-16-7-9-19(10-8-16)30-22(23,24)25)21(28)18-5-2-6-20(12-18)29-15-17-4-3-11-26-13-17/h2-13H,14-15H2,1H3. The molecule has 3 aromatic rings. The maximum atomic E-state index is 12.7. The number of amides is 1. The Balaban J connectivity index is 1.60. The van der Waals surface area contributed by atoms with Crippen LogP contribution in [0.15, 0.2) is 73.1 Å². The van der Waals surface area contributed by atoms with Gasteiger partial charge in [-0.3, -0.25) is 9.78 Å². The van der Waals surface area contributed by atoms with Crippen molar-refractivity contribution in [2.45, 2.75) is 19.5 Å². The normalized spacial score (nSPS) is 11.1. The molecule has 156 valence electrons. The van der Waals surface area contributed by atoms with Gasteiger partial charge in [0.25, 0.3) is 5.91 Å². The second-order valence-electron chi connectivity index (χ2n) is 6.53. The fraction of sp³-hybridized carbons (Fsp3) is 0.182. The zero-order chi connectivity index (χ0) is 21.6. The van der Waals surface area contributed by atoms with Gasteiger partial charge in [0.05, 0.1) is 0 Å². The first-order valence-corrected chi connectivity index (χ1v) is 9.02. The predicted molar refractivity (Wildman–Crippen MR) is 104 cm³/mol. The largest absolute Gasteiger partial charge is 0.573 e. The molecule has 0 bridgehead atoms. The molecule has 0 aliphatic heterocycles. The third-order valence-corrected chi connectivity index (χ3v) is 4.13. The van der Waals surface area contributed by atoms with E-state index in [-0.39, 0.29) is 18.2 Å². The van der Waals surface area contributed by atoms with Crippen LogP contribution in [-0.2, 0) is 13.2 Å². The van der Waals surface area contributed by atoms with Crippen LogP contribution >= 0.6 is 0 Å². The summed E-state index contributed by atoms with van der Waals surface area (Å²) in [5.41, 5.74) is 2.02. The van der Waals surface area contributed by atoms with Crippen molar-refractivity contribution in [1.29, 1.82) is 0 Å². The minimum atomic E-state index is -4.74. The molecule has 2 aromatic carbocycles. The number of aromatic nitrogens is 1. The van der Waals surface area contributed by atoms with E-state index in [2.05, 4.69) is 9.72 Å². The summed E-state index contributed by atoms with van der Waals surface area (Å²) in [5.74, 6) is 0.00268. The third-order valence-electron chi connectivity index (χ3n) is 4.13. The minimum absolute atomic E-state index is 0.228. The molecule has 0 unspecified atom stereocenters. The van der Waals surface area contributed by atoms with E-state index < -0.39 is 6.36 Å². The van der Waals surface area contributed by atoms with E-state index in [1.165, 1.54) is 29.2 Å². The summed E-state index contributed by atoms with van der Waals surface area (Å²) >= 11 is 0. The molecular weight excluding hydrogens is 397 g/mol. The van der Waals surface area contributed by atoms with Crippen molar-refractivity contribution in [3.8, 4) is 11.5 Å². The van der Waals surface area contributed by atoms with E-state index in [1.807, 2.05) is 12.1 Å². The zero-order valence-electron chi connectivity index (χ0n) is 16.1. The van der Waals surface area contributed by atoms with Crippen LogP contribution in [0, 0.1) is 0 Å². The van der Waals surface area contributed by atoms with Crippen LogP contribution in [0.2, 0.25) is 0 Å². The minimum Gasteiger partial charge on any atom is -0.489 e. The fourth-order valence-corrected chi connectivity index (χ4v) is 2.73. The molecule has 3 rings (SSSR count). The van der Waals surface area contributed by atoms with Gasteiger partial charge in [0.1, 0.15) is 18.1 Å². The van der Waals surface area contributed by atoms with Crippen LogP contribution in [0.3, 0.4) is 0 Å². The molecule has 0 radical (unpaired) electrons. The highest BCUT2D eigenvalue weighted by molar-refractivity contribution is 5.94. The molecule has 1 aromatic heterocycles. The number of nitrogens with zero attached hydrogens (tertiary/aromatic N) is 2. The molecule has 0 fully saturated rings. The highest BCUT2D eigenvalue weighted by Crippen LogP contribution is 2.23. The van der Waals surface area contributed by atoms with Crippen LogP contribution < -0.4 is 9.47 Å². The number of halogens is 3. The molecule has 0 aliphatic rings. The van der Waals surface area contributed by atoms with E-state index in [1.54, 1.807) is 43.7 Å². The summed E-state index contributed by atoms with van der Waals surface area (Å²) in [4.78, 5) is 18.2. The van der Waals surface area contributed by atoms with E-state index in [4.69, 9.17) is 4.74 Å². The van der Waals surface area contributed by atoms with Crippen LogP contribution in [0.4, 0.5) is 13.2 Å². The molecule has 30 heavy (non-hydrogen) atoms. The Hall–Kier alpha value is -3.55. The molecule has 0 atom stereocenters. The Kier molecular flexibility index (Phi) is 6.56. The lowest BCUT2D eigenvalue weighted by atomic mass is 10.1. The van der Waals surface area contributed by atoms with Gasteiger partial charge in [0.2, 0.25) is 0 Å². The Morgan fingerprint density at radius 1 is 1.00 bits per heavy atom. The maximum Gasteiger partial charge on any atom is 0.573 e. The average molecular weight is 416 g/mol. The van der Waals surface area contributed by atoms with E-state index >= 15 is 0 Å². The second kappa shape index (κ2) is 9.30. The summed E-state index contributed by atoms with van der Waals surface area (Å²) in [6, 6.07) is 15.9.